The van der Waals surface area contributed by atoms with Crippen LogP contribution in [0.25, 0.3) is 0 Å². The van der Waals surface area contributed by atoms with Crippen molar-refractivity contribution in [1.82, 2.24) is 9.80 Å². The molecule has 0 aliphatic carbocycles. The highest BCUT2D eigenvalue weighted by Gasteiger charge is 2.29. The molecule has 1 amide bonds. The van der Waals surface area contributed by atoms with Crippen molar-refractivity contribution < 1.29 is 9.53 Å². The summed E-state index contributed by atoms with van der Waals surface area (Å²) >= 11 is 0. The Morgan fingerprint density at radius 3 is 2.88 bits per heavy atom. The molecule has 0 N–H and O–H groups in total. The predicted octanol–water partition coefficient (Wildman–Crippen LogP) is 2.88. The van der Waals surface area contributed by atoms with Gasteiger partial charge in [0, 0.05) is 31.8 Å². The fourth-order valence-corrected chi connectivity index (χ4v) is 3.91. The summed E-state index contributed by atoms with van der Waals surface area (Å²) in [5, 5.41) is 0. The molecule has 0 bridgehead atoms. The molecule has 3 rings (SSSR count). The van der Waals surface area contributed by atoms with E-state index in [-0.39, 0.29) is 5.91 Å². The molecule has 0 aromatic heterocycles. The first-order chi connectivity index (χ1) is 11.7. The first-order valence-corrected chi connectivity index (χ1v) is 8.99. The number of benzene rings is 1. The molecule has 2 aliphatic rings. The lowest BCUT2D eigenvalue weighted by Crippen LogP contribution is -2.39. The lowest BCUT2D eigenvalue weighted by molar-refractivity contribution is -0.126. The third-order valence-electron chi connectivity index (χ3n) is 5.15. The van der Waals surface area contributed by atoms with E-state index in [0.717, 1.165) is 49.4 Å². The summed E-state index contributed by atoms with van der Waals surface area (Å²) in [6.07, 6.45) is 6.15. The van der Waals surface area contributed by atoms with Gasteiger partial charge in [-0.15, -0.1) is 0 Å². The number of fused-ring (bicyclic) bond motifs is 1. The maximum atomic E-state index is 12.7. The summed E-state index contributed by atoms with van der Waals surface area (Å²) < 4.78 is 5.40. The summed E-state index contributed by atoms with van der Waals surface area (Å²) in [6, 6.07) is 8.57. The minimum atomic E-state index is 0.163. The van der Waals surface area contributed by atoms with Gasteiger partial charge in [0.15, 0.2) is 0 Å². The molecular formula is C20H28N2O2. The van der Waals surface area contributed by atoms with E-state index in [0.29, 0.717) is 6.04 Å². The normalized spacial score (nSPS) is 22.2. The second-order valence-corrected chi connectivity index (χ2v) is 6.95. The maximum Gasteiger partial charge on any atom is 0.246 e. The van der Waals surface area contributed by atoms with Crippen LogP contribution < -0.4 is 4.74 Å². The standard InChI is InChI=1S/C20H28N2O2/c1-16(13-17-7-3-4-9-19(17)24-2)14-20(23)22-12-6-11-21-10-5-8-18(21)15-22/h3-4,7,9,14,18H,5-6,8,10-13,15H2,1-2H3/b16-14+. The number of carbonyl (C=O) groups excluding carboxylic acids is 1. The van der Waals surface area contributed by atoms with Crippen LogP contribution in [0, 0.1) is 0 Å². The summed E-state index contributed by atoms with van der Waals surface area (Å²) in [5.74, 6) is 1.05. The first kappa shape index (κ1) is 17.0. The highest BCUT2D eigenvalue weighted by atomic mass is 16.5. The van der Waals surface area contributed by atoms with Gasteiger partial charge in [-0.3, -0.25) is 9.69 Å². The smallest absolute Gasteiger partial charge is 0.246 e. The molecule has 2 aliphatic heterocycles. The number of nitrogens with zero attached hydrogens (tertiary/aromatic N) is 2. The summed E-state index contributed by atoms with van der Waals surface area (Å²) in [4.78, 5) is 17.3. The molecule has 2 fully saturated rings. The largest absolute Gasteiger partial charge is 0.496 e. The van der Waals surface area contributed by atoms with Gasteiger partial charge in [-0.2, -0.15) is 0 Å². The molecule has 1 aromatic rings. The van der Waals surface area contributed by atoms with Crippen molar-refractivity contribution in [3.05, 3.63) is 41.5 Å². The van der Waals surface area contributed by atoms with Gasteiger partial charge in [-0.05, 0) is 50.8 Å². The van der Waals surface area contributed by atoms with Gasteiger partial charge in [0.1, 0.15) is 5.75 Å². The number of amides is 1. The Balaban J connectivity index is 1.64. The Morgan fingerprint density at radius 1 is 1.25 bits per heavy atom. The minimum Gasteiger partial charge on any atom is -0.496 e. The lowest BCUT2D eigenvalue weighted by atomic mass is 10.0. The van der Waals surface area contributed by atoms with Crippen molar-refractivity contribution in [2.24, 2.45) is 0 Å². The molecule has 4 nitrogen and oxygen atoms in total. The number of allylic oxidation sites excluding steroid dienone is 1. The van der Waals surface area contributed by atoms with Gasteiger partial charge in [0.25, 0.3) is 0 Å². The van der Waals surface area contributed by atoms with Crippen LogP contribution in [-0.2, 0) is 11.2 Å². The highest BCUT2D eigenvalue weighted by Crippen LogP contribution is 2.23. The van der Waals surface area contributed by atoms with E-state index in [1.807, 2.05) is 36.1 Å². The van der Waals surface area contributed by atoms with Crippen LogP contribution in [-0.4, -0.2) is 55.0 Å². The lowest BCUT2D eigenvalue weighted by Gasteiger charge is -2.25. The maximum absolute atomic E-state index is 12.7. The molecule has 0 saturated carbocycles. The minimum absolute atomic E-state index is 0.163. The van der Waals surface area contributed by atoms with Crippen molar-refractivity contribution >= 4 is 5.91 Å². The first-order valence-electron chi connectivity index (χ1n) is 8.99. The fourth-order valence-electron chi connectivity index (χ4n) is 3.91. The fraction of sp³-hybridized carbons (Fsp3) is 0.550. The molecule has 1 atom stereocenters. The Labute approximate surface area is 145 Å². The number of rotatable bonds is 4. The number of para-hydroxylation sites is 1. The quantitative estimate of drug-likeness (QED) is 0.797. The molecular weight excluding hydrogens is 300 g/mol. The molecule has 1 unspecified atom stereocenters. The topological polar surface area (TPSA) is 32.8 Å². The van der Waals surface area contributed by atoms with Crippen LogP contribution in [0.1, 0.15) is 31.7 Å². The van der Waals surface area contributed by atoms with E-state index in [1.54, 1.807) is 7.11 Å². The van der Waals surface area contributed by atoms with E-state index in [1.165, 1.54) is 19.4 Å². The van der Waals surface area contributed by atoms with Crippen LogP contribution in [0.5, 0.6) is 5.75 Å². The van der Waals surface area contributed by atoms with Crippen LogP contribution in [0.15, 0.2) is 35.9 Å². The van der Waals surface area contributed by atoms with E-state index >= 15 is 0 Å². The van der Waals surface area contributed by atoms with Crippen LogP contribution in [0.2, 0.25) is 0 Å². The Bertz CT molecular complexity index is 611. The predicted molar refractivity (Wildman–Crippen MR) is 96.2 cm³/mol. The Hall–Kier alpha value is -1.81. The van der Waals surface area contributed by atoms with Crippen molar-refractivity contribution in [2.75, 3.05) is 33.3 Å². The zero-order valence-corrected chi connectivity index (χ0v) is 14.8. The van der Waals surface area contributed by atoms with Crippen molar-refractivity contribution in [1.29, 1.82) is 0 Å². The molecule has 130 valence electrons. The number of hydrogen-bond acceptors (Lipinski definition) is 3. The van der Waals surface area contributed by atoms with Crippen LogP contribution >= 0.6 is 0 Å². The Morgan fingerprint density at radius 2 is 2.04 bits per heavy atom. The molecule has 24 heavy (non-hydrogen) atoms. The molecule has 4 heteroatoms. The molecule has 1 aromatic carbocycles. The second kappa shape index (κ2) is 7.84. The van der Waals surface area contributed by atoms with Gasteiger partial charge in [0.05, 0.1) is 7.11 Å². The van der Waals surface area contributed by atoms with Gasteiger partial charge in [-0.1, -0.05) is 23.8 Å². The number of carbonyl (C=O) groups is 1. The average molecular weight is 328 g/mol. The van der Waals surface area contributed by atoms with Crippen molar-refractivity contribution in [3.63, 3.8) is 0 Å². The third kappa shape index (κ3) is 3.99. The van der Waals surface area contributed by atoms with E-state index < -0.39 is 0 Å². The van der Waals surface area contributed by atoms with E-state index in [4.69, 9.17) is 4.74 Å². The molecule has 2 heterocycles. The monoisotopic (exact) mass is 328 g/mol. The third-order valence-corrected chi connectivity index (χ3v) is 5.15. The zero-order chi connectivity index (χ0) is 16.9. The summed E-state index contributed by atoms with van der Waals surface area (Å²) in [7, 11) is 1.69. The van der Waals surface area contributed by atoms with Gasteiger partial charge in [0.2, 0.25) is 5.91 Å². The highest BCUT2D eigenvalue weighted by molar-refractivity contribution is 5.88. The molecule has 0 radical (unpaired) electrons. The number of hydrogen-bond donors (Lipinski definition) is 0. The number of methoxy groups -OCH3 is 1. The van der Waals surface area contributed by atoms with Crippen molar-refractivity contribution in [3.8, 4) is 5.75 Å². The van der Waals surface area contributed by atoms with Gasteiger partial charge >= 0.3 is 0 Å². The number of ether oxygens (including phenoxy) is 1. The average Bonchev–Trinajstić information content (AvgIpc) is 2.92. The SMILES string of the molecule is COc1ccccc1C/C(C)=C/C(=O)N1CCCN2CCCC2C1. The van der Waals surface area contributed by atoms with Gasteiger partial charge in [-0.25, -0.2) is 0 Å². The zero-order valence-electron chi connectivity index (χ0n) is 14.8. The van der Waals surface area contributed by atoms with Crippen LogP contribution in [0.3, 0.4) is 0 Å². The van der Waals surface area contributed by atoms with Gasteiger partial charge < -0.3 is 9.64 Å². The summed E-state index contributed by atoms with van der Waals surface area (Å²) in [6.45, 7) is 6.14. The van der Waals surface area contributed by atoms with Crippen molar-refractivity contribution in [2.45, 2.75) is 38.6 Å². The Kier molecular flexibility index (Phi) is 5.56. The molecule has 2 saturated heterocycles. The second-order valence-electron chi connectivity index (χ2n) is 6.95. The van der Waals surface area contributed by atoms with E-state index in [9.17, 15) is 4.79 Å². The van der Waals surface area contributed by atoms with E-state index in [2.05, 4.69) is 11.0 Å². The van der Waals surface area contributed by atoms with Crippen LogP contribution in [0.4, 0.5) is 0 Å². The summed E-state index contributed by atoms with van der Waals surface area (Å²) in [5.41, 5.74) is 2.21. The molecule has 0 spiro atoms.